The Morgan fingerprint density at radius 3 is 2.15 bits per heavy atom. The number of nitrogens with zero attached hydrogens (tertiary/aromatic N) is 3. The first kappa shape index (κ1) is 24.2. The third kappa shape index (κ3) is 5.42. The largest absolute Gasteiger partial charge is 0.473 e. The van der Waals surface area contributed by atoms with E-state index < -0.39 is 11.9 Å². The highest BCUT2D eigenvalue weighted by molar-refractivity contribution is 6.27. The summed E-state index contributed by atoms with van der Waals surface area (Å²) in [5.74, 6) is -3.65. The number of aliphatic carboxylic acids is 2. The van der Waals surface area contributed by atoms with Crippen LogP contribution in [0.1, 0.15) is 44.6 Å². The van der Waals surface area contributed by atoms with Gasteiger partial charge in [-0.25, -0.2) is 9.59 Å². The molecule has 7 nitrogen and oxygen atoms in total. The molecule has 2 saturated heterocycles. The Hall–Kier alpha value is -2.90. The second-order valence-corrected chi connectivity index (χ2v) is 9.33. The van der Waals surface area contributed by atoms with Crippen molar-refractivity contribution in [2.75, 3.05) is 26.2 Å². The molecule has 0 spiro atoms. The van der Waals surface area contributed by atoms with Gasteiger partial charge in [-0.05, 0) is 82.5 Å². The van der Waals surface area contributed by atoms with Crippen LogP contribution in [-0.4, -0.2) is 68.7 Å². The molecule has 2 fully saturated rings. The number of aromatic nitrogens is 1. The molecule has 5 rings (SSSR count). The minimum atomic E-state index is -1.82. The van der Waals surface area contributed by atoms with Crippen LogP contribution >= 0.6 is 0 Å². The van der Waals surface area contributed by atoms with E-state index in [1.54, 1.807) is 0 Å². The van der Waals surface area contributed by atoms with Crippen LogP contribution in [0, 0.1) is 0 Å². The molecule has 0 aliphatic carbocycles. The lowest BCUT2D eigenvalue weighted by Crippen LogP contribution is -2.46. The molecule has 0 saturated carbocycles. The van der Waals surface area contributed by atoms with E-state index in [1.807, 2.05) is 0 Å². The fraction of sp³-hybridized carbons (Fsp3) is 0.481. The number of fused-ring (bicyclic) bond motifs is 3. The first-order valence-electron chi connectivity index (χ1n) is 12.4. The maximum atomic E-state index is 9.10. The highest BCUT2D eigenvalue weighted by atomic mass is 16.4. The third-order valence-corrected chi connectivity index (χ3v) is 7.21. The van der Waals surface area contributed by atoms with E-state index in [-0.39, 0.29) is 0 Å². The van der Waals surface area contributed by atoms with Crippen molar-refractivity contribution in [2.45, 2.75) is 58.2 Å². The Morgan fingerprint density at radius 2 is 1.50 bits per heavy atom. The van der Waals surface area contributed by atoms with Gasteiger partial charge < -0.3 is 19.7 Å². The number of para-hydroxylation sites is 1. The van der Waals surface area contributed by atoms with Gasteiger partial charge in [0.25, 0.3) is 0 Å². The van der Waals surface area contributed by atoms with Crippen molar-refractivity contribution in [3.8, 4) is 0 Å². The quantitative estimate of drug-likeness (QED) is 0.555. The molecule has 1 aromatic heterocycles. The second-order valence-electron chi connectivity index (χ2n) is 9.33. The summed E-state index contributed by atoms with van der Waals surface area (Å²) in [6.45, 7) is 9.52. The molecular weight excluding hydrogens is 430 g/mol. The van der Waals surface area contributed by atoms with E-state index in [1.165, 1.54) is 85.7 Å². The summed E-state index contributed by atoms with van der Waals surface area (Å²) in [4.78, 5) is 23.6. The number of carboxylic acids is 2. The zero-order valence-electron chi connectivity index (χ0n) is 19.9. The number of rotatable bonds is 4. The van der Waals surface area contributed by atoms with Crippen LogP contribution in [0.25, 0.3) is 21.8 Å². The minimum absolute atomic E-state index is 0.835. The number of benzene rings is 2. The summed E-state index contributed by atoms with van der Waals surface area (Å²) in [5, 5.41) is 17.6. The average Bonchev–Trinajstić information content (AvgIpc) is 3.18. The number of carbonyl (C=O) groups is 2. The monoisotopic (exact) mass is 465 g/mol. The molecule has 0 bridgehead atoms. The Kier molecular flexibility index (Phi) is 7.85. The Balaban J connectivity index is 0.000000408. The highest BCUT2D eigenvalue weighted by Gasteiger charge is 2.25. The molecule has 0 amide bonds. The van der Waals surface area contributed by atoms with Crippen LogP contribution in [0.5, 0.6) is 0 Å². The minimum Gasteiger partial charge on any atom is -0.473 e. The van der Waals surface area contributed by atoms with Gasteiger partial charge in [0.15, 0.2) is 0 Å². The Morgan fingerprint density at radius 1 is 0.853 bits per heavy atom. The van der Waals surface area contributed by atoms with Crippen LogP contribution < -0.4 is 0 Å². The SMILES string of the molecule is CCn1c2ccccc2c2cc(CN3CCC(N4CCCCC4)CC3)ccc21.O=C(O)C(=O)O. The van der Waals surface area contributed by atoms with Crippen LogP contribution in [0.15, 0.2) is 42.5 Å². The van der Waals surface area contributed by atoms with Crippen molar-refractivity contribution in [1.29, 1.82) is 0 Å². The molecule has 0 atom stereocenters. The maximum absolute atomic E-state index is 9.10. The van der Waals surface area contributed by atoms with Crippen LogP contribution in [-0.2, 0) is 22.7 Å². The summed E-state index contributed by atoms with van der Waals surface area (Å²) >= 11 is 0. The molecule has 2 aliphatic rings. The molecule has 7 heteroatoms. The molecule has 2 N–H and O–H groups in total. The normalized spacial score (nSPS) is 18.0. The van der Waals surface area contributed by atoms with Gasteiger partial charge in [0, 0.05) is 40.9 Å². The molecule has 0 unspecified atom stereocenters. The maximum Gasteiger partial charge on any atom is 0.414 e. The average molecular weight is 466 g/mol. The summed E-state index contributed by atoms with van der Waals surface area (Å²) in [5.41, 5.74) is 4.19. The lowest BCUT2D eigenvalue weighted by Gasteiger charge is -2.40. The number of hydrogen-bond acceptors (Lipinski definition) is 4. The van der Waals surface area contributed by atoms with Gasteiger partial charge in [-0.15, -0.1) is 0 Å². The predicted molar refractivity (Wildman–Crippen MR) is 134 cm³/mol. The van der Waals surface area contributed by atoms with Crippen LogP contribution in [0.2, 0.25) is 0 Å². The molecule has 3 aromatic rings. The molecule has 3 heterocycles. The van der Waals surface area contributed by atoms with Gasteiger partial charge in [0.05, 0.1) is 0 Å². The predicted octanol–water partition coefficient (Wildman–Crippen LogP) is 4.42. The lowest BCUT2D eigenvalue weighted by molar-refractivity contribution is -0.159. The van der Waals surface area contributed by atoms with E-state index in [4.69, 9.17) is 19.8 Å². The number of aryl methyl sites for hydroxylation is 1. The molecule has 2 aliphatic heterocycles. The van der Waals surface area contributed by atoms with Crippen LogP contribution in [0.4, 0.5) is 0 Å². The van der Waals surface area contributed by atoms with E-state index in [0.29, 0.717) is 0 Å². The van der Waals surface area contributed by atoms with Crippen molar-refractivity contribution in [1.82, 2.24) is 14.4 Å². The fourth-order valence-corrected chi connectivity index (χ4v) is 5.52. The Labute approximate surface area is 200 Å². The number of piperidine rings is 2. The van der Waals surface area contributed by atoms with E-state index >= 15 is 0 Å². The second kappa shape index (κ2) is 11.0. The first-order chi connectivity index (χ1) is 16.5. The Bertz CT molecular complexity index is 1130. The molecule has 34 heavy (non-hydrogen) atoms. The van der Waals surface area contributed by atoms with Crippen molar-refractivity contribution in [3.63, 3.8) is 0 Å². The number of carboxylic acid groups (broad SMARTS) is 2. The van der Waals surface area contributed by atoms with E-state index in [9.17, 15) is 0 Å². The summed E-state index contributed by atoms with van der Waals surface area (Å²) in [7, 11) is 0. The van der Waals surface area contributed by atoms with Crippen molar-refractivity contribution >= 4 is 33.7 Å². The smallest absolute Gasteiger partial charge is 0.414 e. The van der Waals surface area contributed by atoms with Crippen molar-refractivity contribution in [2.24, 2.45) is 0 Å². The molecule has 2 aromatic carbocycles. The van der Waals surface area contributed by atoms with Crippen LogP contribution in [0.3, 0.4) is 0 Å². The van der Waals surface area contributed by atoms with E-state index in [0.717, 1.165) is 19.1 Å². The number of hydrogen-bond donors (Lipinski definition) is 2. The van der Waals surface area contributed by atoms with Crippen molar-refractivity contribution < 1.29 is 19.8 Å². The topological polar surface area (TPSA) is 86.0 Å². The van der Waals surface area contributed by atoms with Gasteiger partial charge in [-0.2, -0.15) is 0 Å². The van der Waals surface area contributed by atoms with Gasteiger partial charge in [0.1, 0.15) is 0 Å². The zero-order valence-corrected chi connectivity index (χ0v) is 19.9. The lowest BCUT2D eigenvalue weighted by atomic mass is 9.99. The van der Waals surface area contributed by atoms with Crippen molar-refractivity contribution in [3.05, 3.63) is 48.0 Å². The molecule has 0 radical (unpaired) electrons. The summed E-state index contributed by atoms with van der Waals surface area (Å²) in [6.07, 6.45) is 6.94. The highest BCUT2D eigenvalue weighted by Crippen LogP contribution is 2.30. The zero-order chi connectivity index (χ0) is 24.1. The summed E-state index contributed by atoms with van der Waals surface area (Å²) in [6, 6.07) is 16.8. The van der Waals surface area contributed by atoms with Gasteiger partial charge in [0.2, 0.25) is 0 Å². The molecular formula is C27H35N3O4. The molecule has 182 valence electrons. The third-order valence-electron chi connectivity index (χ3n) is 7.21. The van der Waals surface area contributed by atoms with Gasteiger partial charge >= 0.3 is 11.9 Å². The fourth-order valence-electron chi connectivity index (χ4n) is 5.52. The first-order valence-corrected chi connectivity index (χ1v) is 12.4. The van der Waals surface area contributed by atoms with E-state index in [2.05, 4.69) is 63.8 Å². The number of likely N-dealkylation sites (tertiary alicyclic amines) is 2. The van der Waals surface area contributed by atoms with Gasteiger partial charge in [-0.1, -0.05) is 30.7 Å². The summed E-state index contributed by atoms with van der Waals surface area (Å²) < 4.78 is 2.44. The van der Waals surface area contributed by atoms with Gasteiger partial charge in [-0.3, -0.25) is 4.90 Å². The standard InChI is InChI=1S/C25H33N3.C2H2O4/c1-2-28-24-9-5-4-8-22(24)23-18-20(10-11-25(23)28)19-26-16-12-21(13-17-26)27-14-6-3-7-15-27;3-1(4)2(5)6/h4-5,8-11,18,21H,2-3,6-7,12-17,19H2,1H3;(H,3,4)(H,5,6).